The molecule has 0 amide bonds. The molecule has 1 fully saturated rings. The van der Waals surface area contributed by atoms with Crippen LogP contribution in [0.25, 0.3) is 0 Å². The van der Waals surface area contributed by atoms with Gasteiger partial charge in [0, 0.05) is 17.7 Å². The van der Waals surface area contributed by atoms with E-state index in [4.69, 9.17) is 31.5 Å². The zero-order valence-corrected chi connectivity index (χ0v) is 11.4. The summed E-state index contributed by atoms with van der Waals surface area (Å²) in [6.45, 7) is 0.767. The van der Waals surface area contributed by atoms with Gasteiger partial charge in [-0.2, -0.15) is 0 Å². The van der Waals surface area contributed by atoms with Crippen molar-refractivity contribution in [2.45, 2.75) is 25.0 Å². The monoisotopic (exact) mass is 271 g/mol. The maximum absolute atomic E-state index is 6.24. The molecule has 0 aliphatic carbocycles. The van der Waals surface area contributed by atoms with Crippen molar-refractivity contribution >= 4 is 11.6 Å². The minimum Gasteiger partial charge on any atom is -0.493 e. The molecular weight excluding hydrogens is 254 g/mol. The maximum atomic E-state index is 6.24. The van der Waals surface area contributed by atoms with Crippen molar-refractivity contribution in [3.63, 3.8) is 0 Å². The van der Waals surface area contributed by atoms with E-state index in [1.807, 2.05) is 6.07 Å². The number of ether oxygens (including phenoxy) is 3. The molecule has 2 unspecified atom stereocenters. The summed E-state index contributed by atoms with van der Waals surface area (Å²) in [6, 6.07) is 3.32. The molecule has 0 spiro atoms. The fourth-order valence-electron chi connectivity index (χ4n) is 2.21. The van der Waals surface area contributed by atoms with Crippen LogP contribution in [0.3, 0.4) is 0 Å². The van der Waals surface area contributed by atoms with E-state index < -0.39 is 0 Å². The normalized spacial score (nSPS) is 20.8. The van der Waals surface area contributed by atoms with E-state index in [0.29, 0.717) is 16.5 Å². The molecule has 1 saturated heterocycles. The molecule has 0 saturated carbocycles. The Morgan fingerprint density at radius 1 is 1.33 bits per heavy atom. The highest BCUT2D eigenvalue weighted by Crippen LogP contribution is 2.37. The molecule has 1 aliphatic heterocycles. The molecule has 5 heteroatoms. The summed E-state index contributed by atoms with van der Waals surface area (Å²) < 4.78 is 16.1. The zero-order chi connectivity index (χ0) is 13.1. The van der Waals surface area contributed by atoms with Gasteiger partial charge in [-0.1, -0.05) is 11.6 Å². The Morgan fingerprint density at radius 2 is 2.00 bits per heavy atom. The van der Waals surface area contributed by atoms with Gasteiger partial charge in [-0.05, 0) is 24.5 Å². The molecule has 100 valence electrons. The van der Waals surface area contributed by atoms with Crippen LogP contribution in [0.1, 0.15) is 24.4 Å². The highest BCUT2D eigenvalue weighted by molar-refractivity contribution is 6.31. The smallest absolute Gasteiger partial charge is 0.162 e. The van der Waals surface area contributed by atoms with E-state index in [2.05, 4.69) is 0 Å². The van der Waals surface area contributed by atoms with Crippen LogP contribution in [0.2, 0.25) is 5.02 Å². The first kappa shape index (κ1) is 13.5. The topological polar surface area (TPSA) is 53.7 Å². The maximum Gasteiger partial charge on any atom is 0.162 e. The van der Waals surface area contributed by atoms with Crippen LogP contribution in [-0.4, -0.2) is 26.9 Å². The second-order valence-electron chi connectivity index (χ2n) is 4.31. The number of hydrogen-bond acceptors (Lipinski definition) is 4. The molecule has 18 heavy (non-hydrogen) atoms. The second kappa shape index (κ2) is 5.78. The van der Waals surface area contributed by atoms with Crippen LogP contribution in [0, 0.1) is 0 Å². The Kier molecular flexibility index (Phi) is 4.32. The van der Waals surface area contributed by atoms with Crippen LogP contribution < -0.4 is 15.2 Å². The third-order valence-electron chi connectivity index (χ3n) is 3.23. The Hall–Kier alpha value is -0.970. The van der Waals surface area contributed by atoms with Crippen molar-refractivity contribution in [3.8, 4) is 11.5 Å². The summed E-state index contributed by atoms with van der Waals surface area (Å²) in [5.74, 6) is 1.23. The van der Waals surface area contributed by atoms with E-state index in [1.165, 1.54) is 0 Å². The molecule has 1 aromatic rings. The van der Waals surface area contributed by atoms with Crippen molar-refractivity contribution < 1.29 is 14.2 Å². The first-order chi connectivity index (χ1) is 8.67. The lowest BCUT2D eigenvalue weighted by molar-refractivity contribution is 0.0900. The summed E-state index contributed by atoms with van der Waals surface area (Å²) in [6.07, 6.45) is 2.04. The number of rotatable bonds is 4. The van der Waals surface area contributed by atoms with Crippen LogP contribution in [0.15, 0.2) is 12.1 Å². The molecule has 1 aromatic carbocycles. The van der Waals surface area contributed by atoms with Crippen LogP contribution in [-0.2, 0) is 4.74 Å². The summed E-state index contributed by atoms with van der Waals surface area (Å²) in [5, 5.41) is 0.579. The summed E-state index contributed by atoms with van der Waals surface area (Å²) in [5.41, 5.74) is 7.04. The number of halogens is 1. The summed E-state index contributed by atoms with van der Waals surface area (Å²) >= 11 is 6.24. The van der Waals surface area contributed by atoms with Gasteiger partial charge in [-0.15, -0.1) is 0 Å². The fraction of sp³-hybridized carbons (Fsp3) is 0.538. The molecule has 1 heterocycles. The lowest BCUT2D eigenvalue weighted by Gasteiger charge is -2.21. The molecular formula is C13H18ClNO3. The second-order valence-corrected chi connectivity index (χ2v) is 4.71. The van der Waals surface area contributed by atoms with Crippen LogP contribution >= 0.6 is 11.6 Å². The van der Waals surface area contributed by atoms with Crippen molar-refractivity contribution in [2.75, 3.05) is 20.8 Å². The standard InChI is InChI=1S/C13H18ClNO3/c1-16-11-6-8(9(14)7-12(11)17-2)13(15)10-4-3-5-18-10/h6-7,10,13H,3-5,15H2,1-2H3. The number of methoxy groups -OCH3 is 2. The predicted molar refractivity (Wildman–Crippen MR) is 70.5 cm³/mol. The summed E-state index contributed by atoms with van der Waals surface area (Å²) in [7, 11) is 3.17. The Bertz CT molecular complexity index is 419. The molecule has 0 radical (unpaired) electrons. The quantitative estimate of drug-likeness (QED) is 0.914. The van der Waals surface area contributed by atoms with Crippen LogP contribution in [0.5, 0.6) is 11.5 Å². The van der Waals surface area contributed by atoms with E-state index in [1.54, 1.807) is 20.3 Å². The van der Waals surface area contributed by atoms with Gasteiger partial charge in [0.25, 0.3) is 0 Å². The minimum absolute atomic E-state index is 0.0283. The van der Waals surface area contributed by atoms with Crippen molar-refractivity contribution in [1.82, 2.24) is 0 Å². The third kappa shape index (κ3) is 2.55. The van der Waals surface area contributed by atoms with Crippen LogP contribution in [0.4, 0.5) is 0 Å². The average molecular weight is 272 g/mol. The molecule has 1 aliphatic rings. The average Bonchev–Trinajstić information content (AvgIpc) is 2.91. The molecule has 4 nitrogen and oxygen atoms in total. The summed E-state index contributed by atoms with van der Waals surface area (Å²) in [4.78, 5) is 0. The van der Waals surface area contributed by atoms with E-state index >= 15 is 0 Å². The van der Waals surface area contributed by atoms with Crippen molar-refractivity contribution in [1.29, 1.82) is 0 Å². The van der Waals surface area contributed by atoms with Crippen molar-refractivity contribution in [3.05, 3.63) is 22.7 Å². The first-order valence-electron chi connectivity index (χ1n) is 5.96. The van der Waals surface area contributed by atoms with Gasteiger partial charge in [0.1, 0.15) is 0 Å². The number of benzene rings is 1. The SMILES string of the molecule is COc1cc(Cl)c(C(N)C2CCCO2)cc1OC. The zero-order valence-electron chi connectivity index (χ0n) is 10.6. The predicted octanol–water partition coefficient (Wildman–Crippen LogP) is 2.54. The number of hydrogen-bond donors (Lipinski definition) is 1. The van der Waals surface area contributed by atoms with Gasteiger partial charge in [0.15, 0.2) is 11.5 Å². The van der Waals surface area contributed by atoms with Gasteiger partial charge in [0.05, 0.1) is 26.4 Å². The third-order valence-corrected chi connectivity index (χ3v) is 3.55. The Morgan fingerprint density at radius 3 is 2.56 bits per heavy atom. The van der Waals surface area contributed by atoms with Gasteiger partial charge < -0.3 is 19.9 Å². The lowest BCUT2D eigenvalue weighted by atomic mass is 9.99. The van der Waals surface area contributed by atoms with Gasteiger partial charge >= 0.3 is 0 Å². The Labute approximate surface area is 112 Å². The lowest BCUT2D eigenvalue weighted by Crippen LogP contribution is -2.25. The largest absolute Gasteiger partial charge is 0.493 e. The fourth-order valence-corrected chi connectivity index (χ4v) is 2.49. The molecule has 0 bridgehead atoms. The van der Waals surface area contributed by atoms with E-state index in [-0.39, 0.29) is 12.1 Å². The molecule has 2 atom stereocenters. The highest BCUT2D eigenvalue weighted by Gasteiger charge is 2.26. The highest BCUT2D eigenvalue weighted by atomic mass is 35.5. The van der Waals surface area contributed by atoms with Gasteiger partial charge in [0.2, 0.25) is 0 Å². The Balaban J connectivity index is 2.31. The minimum atomic E-state index is -0.236. The molecule has 2 rings (SSSR count). The first-order valence-corrected chi connectivity index (χ1v) is 6.33. The molecule has 0 aromatic heterocycles. The van der Waals surface area contributed by atoms with Gasteiger partial charge in [-0.25, -0.2) is 0 Å². The van der Waals surface area contributed by atoms with E-state index in [0.717, 1.165) is 25.0 Å². The molecule has 2 N–H and O–H groups in total. The van der Waals surface area contributed by atoms with Gasteiger partial charge in [-0.3, -0.25) is 0 Å². The van der Waals surface area contributed by atoms with Crippen molar-refractivity contribution in [2.24, 2.45) is 5.73 Å². The number of nitrogens with two attached hydrogens (primary N) is 1. The van der Waals surface area contributed by atoms with E-state index in [9.17, 15) is 0 Å².